The van der Waals surface area contributed by atoms with Crippen molar-refractivity contribution in [2.24, 2.45) is 0 Å². The number of allylic oxidation sites excluding steroid dienone is 1. The van der Waals surface area contributed by atoms with Crippen molar-refractivity contribution in [3.05, 3.63) is 93.4 Å². The Morgan fingerprint density at radius 2 is 1.63 bits per heavy atom. The van der Waals surface area contributed by atoms with Gasteiger partial charge in [-0.05, 0) is 54.6 Å². The summed E-state index contributed by atoms with van der Waals surface area (Å²) in [5.41, 5.74) is 0.656. The molecule has 4 rings (SSSR count). The zero-order valence-electron chi connectivity index (χ0n) is 14.9. The maximum absolute atomic E-state index is 13.0. The first kappa shape index (κ1) is 20.4. The van der Waals surface area contributed by atoms with Crippen molar-refractivity contribution in [2.45, 2.75) is 4.90 Å². The number of halogens is 3. The fourth-order valence-electron chi connectivity index (χ4n) is 2.77. The lowest BCUT2D eigenvalue weighted by molar-refractivity contribution is 0.101. The third-order valence-corrected chi connectivity index (χ3v) is 6.15. The zero-order chi connectivity index (χ0) is 21.5. The number of benzene rings is 3. The molecule has 0 bridgehead atoms. The molecule has 0 aromatic heterocycles. The Hall–Kier alpha value is -2.87. The average Bonchev–Trinajstić information content (AvgIpc) is 3.00. The molecule has 30 heavy (non-hydrogen) atoms. The minimum atomic E-state index is -4.19. The molecule has 0 radical (unpaired) electrons. The zero-order valence-corrected chi connectivity index (χ0v) is 17.3. The second-order valence-electron chi connectivity index (χ2n) is 6.22. The van der Waals surface area contributed by atoms with Crippen molar-refractivity contribution in [3.8, 4) is 11.5 Å². The number of Topliss-reactive ketones (excluding diaryl/α,β-unsaturated/α-hetero) is 1. The molecule has 0 atom stereocenters. The number of hydrogen-bond acceptors (Lipinski definition) is 5. The number of carbonyl (C=O) groups is 1. The fourth-order valence-corrected chi connectivity index (χ4v) is 4.20. The van der Waals surface area contributed by atoms with Gasteiger partial charge in [-0.15, -0.1) is 0 Å². The van der Waals surface area contributed by atoms with Gasteiger partial charge in [-0.2, -0.15) is 8.42 Å². The van der Waals surface area contributed by atoms with Gasteiger partial charge in [0.25, 0.3) is 0 Å². The summed E-state index contributed by atoms with van der Waals surface area (Å²) >= 11 is 12.3. The van der Waals surface area contributed by atoms with E-state index in [1.165, 1.54) is 24.3 Å². The van der Waals surface area contributed by atoms with Crippen LogP contribution in [0, 0.1) is 5.82 Å². The van der Waals surface area contributed by atoms with Gasteiger partial charge in [-0.1, -0.05) is 29.3 Å². The second-order valence-corrected chi connectivity index (χ2v) is 8.59. The van der Waals surface area contributed by atoms with E-state index in [4.69, 9.17) is 32.1 Å². The van der Waals surface area contributed by atoms with E-state index in [-0.39, 0.29) is 27.7 Å². The lowest BCUT2D eigenvalue weighted by Crippen LogP contribution is -2.09. The third-order valence-electron chi connectivity index (χ3n) is 4.22. The minimum Gasteiger partial charge on any atom is -0.452 e. The van der Waals surface area contributed by atoms with Gasteiger partial charge < -0.3 is 8.92 Å². The van der Waals surface area contributed by atoms with Crippen LogP contribution in [0.15, 0.2) is 71.3 Å². The molecule has 3 aromatic carbocycles. The normalized spacial score (nSPS) is 14.5. The fraction of sp³-hybridized carbons (Fsp3) is 0. The van der Waals surface area contributed by atoms with Gasteiger partial charge in [0.15, 0.2) is 5.76 Å². The van der Waals surface area contributed by atoms with E-state index < -0.39 is 21.7 Å². The highest BCUT2D eigenvalue weighted by Crippen LogP contribution is 2.37. The average molecular weight is 465 g/mol. The number of fused-ring (bicyclic) bond motifs is 1. The van der Waals surface area contributed by atoms with Gasteiger partial charge in [-0.25, -0.2) is 4.39 Å². The van der Waals surface area contributed by atoms with Gasteiger partial charge >= 0.3 is 10.1 Å². The highest BCUT2D eigenvalue weighted by atomic mass is 35.5. The largest absolute Gasteiger partial charge is 0.452 e. The van der Waals surface area contributed by atoms with Crippen LogP contribution in [0.3, 0.4) is 0 Å². The quantitative estimate of drug-likeness (QED) is 0.375. The van der Waals surface area contributed by atoms with Crippen LogP contribution in [0.1, 0.15) is 15.9 Å². The van der Waals surface area contributed by atoms with E-state index in [1.807, 2.05) is 0 Å². The number of hydrogen-bond donors (Lipinski definition) is 0. The molecule has 0 unspecified atom stereocenters. The Balaban J connectivity index is 1.62. The first-order chi connectivity index (χ1) is 14.2. The van der Waals surface area contributed by atoms with Crippen LogP contribution >= 0.6 is 23.2 Å². The molecule has 0 saturated carbocycles. The van der Waals surface area contributed by atoms with E-state index in [0.29, 0.717) is 15.6 Å². The van der Waals surface area contributed by atoms with Gasteiger partial charge in [0, 0.05) is 21.7 Å². The maximum Gasteiger partial charge on any atom is 0.339 e. The number of carbonyl (C=O) groups excluding carboxylic acids is 1. The molecule has 1 aliphatic rings. The summed E-state index contributed by atoms with van der Waals surface area (Å²) in [7, 11) is -4.19. The molecule has 0 aliphatic carbocycles. The van der Waals surface area contributed by atoms with Crippen molar-refractivity contribution < 1.29 is 26.5 Å². The lowest BCUT2D eigenvalue weighted by Gasteiger charge is -2.08. The topological polar surface area (TPSA) is 69.7 Å². The monoisotopic (exact) mass is 464 g/mol. The number of ether oxygens (including phenoxy) is 1. The number of rotatable bonds is 4. The highest BCUT2D eigenvalue weighted by molar-refractivity contribution is 7.87. The molecule has 1 heterocycles. The van der Waals surface area contributed by atoms with Crippen molar-refractivity contribution in [1.82, 2.24) is 0 Å². The van der Waals surface area contributed by atoms with Gasteiger partial charge in [-0.3, -0.25) is 4.79 Å². The summed E-state index contributed by atoms with van der Waals surface area (Å²) in [4.78, 5) is 12.4. The Kier molecular flexibility index (Phi) is 5.27. The van der Waals surface area contributed by atoms with Crippen LogP contribution in [0.4, 0.5) is 4.39 Å². The molecule has 3 aromatic rings. The first-order valence-electron chi connectivity index (χ1n) is 8.47. The van der Waals surface area contributed by atoms with Crippen LogP contribution in [-0.2, 0) is 10.1 Å². The highest BCUT2D eigenvalue weighted by Gasteiger charge is 2.29. The maximum atomic E-state index is 13.0. The standard InChI is InChI=1S/C21H11Cl2FO5S/c22-17-2-1-3-18(23)16(17)11-20-21(25)15-9-6-13(10-19(15)28-20)29-30(26,27)14-7-4-12(24)5-8-14/h1-11H. The number of ketones is 1. The molecule has 0 N–H and O–H groups in total. The Morgan fingerprint density at radius 1 is 0.967 bits per heavy atom. The molecule has 0 saturated heterocycles. The summed E-state index contributed by atoms with van der Waals surface area (Å²) < 4.78 is 48.4. The Bertz CT molecular complexity index is 1280. The SMILES string of the molecule is O=C1C(=Cc2c(Cl)cccc2Cl)Oc2cc(OS(=O)(=O)c3ccc(F)cc3)ccc21. The summed E-state index contributed by atoms with van der Waals surface area (Å²) in [6.45, 7) is 0. The van der Waals surface area contributed by atoms with Crippen LogP contribution in [0.5, 0.6) is 11.5 Å². The summed E-state index contributed by atoms with van der Waals surface area (Å²) in [5.74, 6) is -0.937. The van der Waals surface area contributed by atoms with Crippen LogP contribution in [0.25, 0.3) is 6.08 Å². The molecule has 152 valence electrons. The third kappa shape index (κ3) is 3.92. The molecule has 9 heteroatoms. The molecule has 0 spiro atoms. The van der Waals surface area contributed by atoms with E-state index in [1.54, 1.807) is 18.2 Å². The molecular formula is C21H11Cl2FO5S. The second kappa shape index (κ2) is 7.75. The molecule has 1 aliphatic heterocycles. The van der Waals surface area contributed by atoms with Gasteiger partial charge in [0.1, 0.15) is 22.2 Å². The predicted molar refractivity (Wildman–Crippen MR) is 110 cm³/mol. The molecule has 0 fully saturated rings. The van der Waals surface area contributed by atoms with E-state index >= 15 is 0 Å². The minimum absolute atomic E-state index is 0.0152. The van der Waals surface area contributed by atoms with E-state index in [9.17, 15) is 17.6 Å². The lowest BCUT2D eigenvalue weighted by atomic mass is 10.1. The first-order valence-corrected chi connectivity index (χ1v) is 10.6. The Labute approximate surface area is 181 Å². The summed E-state index contributed by atoms with van der Waals surface area (Å²) in [6.07, 6.45) is 1.42. The Morgan fingerprint density at radius 3 is 2.30 bits per heavy atom. The van der Waals surface area contributed by atoms with Gasteiger partial charge in [0.05, 0.1) is 5.56 Å². The molecular weight excluding hydrogens is 454 g/mol. The van der Waals surface area contributed by atoms with Gasteiger partial charge in [0.2, 0.25) is 5.78 Å². The summed E-state index contributed by atoms with van der Waals surface area (Å²) in [5, 5.41) is 0.688. The van der Waals surface area contributed by atoms with Crippen molar-refractivity contribution >= 4 is 45.2 Å². The van der Waals surface area contributed by atoms with Crippen molar-refractivity contribution in [2.75, 3.05) is 0 Å². The predicted octanol–water partition coefficient (Wildman–Crippen LogP) is 5.52. The molecule has 0 amide bonds. The molecule has 5 nitrogen and oxygen atoms in total. The van der Waals surface area contributed by atoms with E-state index in [0.717, 1.165) is 24.3 Å². The van der Waals surface area contributed by atoms with Crippen LogP contribution in [-0.4, -0.2) is 14.2 Å². The van der Waals surface area contributed by atoms with Crippen LogP contribution in [0.2, 0.25) is 10.0 Å². The van der Waals surface area contributed by atoms with E-state index in [2.05, 4.69) is 0 Å². The van der Waals surface area contributed by atoms with Crippen molar-refractivity contribution in [3.63, 3.8) is 0 Å². The smallest absolute Gasteiger partial charge is 0.339 e. The van der Waals surface area contributed by atoms with Crippen LogP contribution < -0.4 is 8.92 Å². The van der Waals surface area contributed by atoms with Crippen molar-refractivity contribution in [1.29, 1.82) is 0 Å². The summed E-state index contributed by atoms with van der Waals surface area (Å²) in [6, 6.07) is 13.1.